The molecule has 7 nitrogen and oxygen atoms in total. The number of ether oxygens (including phenoxy) is 1. The number of hydrogen-bond acceptors (Lipinski definition) is 4. The minimum absolute atomic E-state index is 0.253. The van der Waals surface area contributed by atoms with Gasteiger partial charge < -0.3 is 20.5 Å². The molecule has 0 radical (unpaired) electrons. The summed E-state index contributed by atoms with van der Waals surface area (Å²) in [5.74, 6) is -1.51. The van der Waals surface area contributed by atoms with E-state index >= 15 is 0 Å². The topological polar surface area (TPSA) is 105 Å². The smallest absolute Gasteiger partial charge is 0.305 e. The van der Waals surface area contributed by atoms with E-state index in [-0.39, 0.29) is 13.0 Å². The second kappa shape index (κ2) is 9.96. The number of carboxylic acid groups (broad SMARTS) is 1. The Labute approximate surface area is 157 Å². The molecule has 0 saturated carbocycles. The van der Waals surface area contributed by atoms with Gasteiger partial charge in [-0.1, -0.05) is 42.5 Å². The van der Waals surface area contributed by atoms with Crippen LogP contribution in [0.4, 0.5) is 0 Å². The minimum Gasteiger partial charge on any atom is -0.493 e. The number of hydrogen-bond donors (Lipinski definition) is 3. The van der Waals surface area contributed by atoms with Crippen molar-refractivity contribution in [2.45, 2.75) is 19.4 Å². The first kappa shape index (κ1) is 20.0. The zero-order chi connectivity index (χ0) is 19.6. The third-order valence-corrected chi connectivity index (χ3v) is 3.76. The quantitative estimate of drug-likeness (QED) is 0.627. The van der Waals surface area contributed by atoms with Gasteiger partial charge in [0.2, 0.25) is 5.91 Å². The van der Waals surface area contributed by atoms with E-state index in [1.165, 1.54) is 0 Å². The third-order valence-electron chi connectivity index (χ3n) is 3.76. The summed E-state index contributed by atoms with van der Waals surface area (Å²) >= 11 is 0. The van der Waals surface area contributed by atoms with Gasteiger partial charge in [0.15, 0.2) is 0 Å². The molecule has 2 rings (SSSR count). The SMILES string of the molecule is CCOc1ccccc1C(=O)NCC(=O)NC(CC(=O)O)c1ccccc1. The summed E-state index contributed by atoms with van der Waals surface area (Å²) in [5.41, 5.74) is 1.01. The van der Waals surface area contributed by atoms with E-state index in [4.69, 9.17) is 9.84 Å². The van der Waals surface area contributed by atoms with Crippen LogP contribution in [0, 0.1) is 0 Å². The second-order valence-corrected chi connectivity index (χ2v) is 5.74. The lowest BCUT2D eigenvalue weighted by Crippen LogP contribution is -2.39. The van der Waals surface area contributed by atoms with Gasteiger partial charge in [0.05, 0.1) is 31.2 Å². The van der Waals surface area contributed by atoms with Gasteiger partial charge in [-0.2, -0.15) is 0 Å². The maximum Gasteiger partial charge on any atom is 0.305 e. The molecule has 0 heterocycles. The van der Waals surface area contributed by atoms with Gasteiger partial charge in [0.1, 0.15) is 5.75 Å². The Morgan fingerprint density at radius 2 is 1.70 bits per heavy atom. The van der Waals surface area contributed by atoms with Gasteiger partial charge in [-0.25, -0.2) is 0 Å². The second-order valence-electron chi connectivity index (χ2n) is 5.74. The Hall–Kier alpha value is -3.35. The van der Waals surface area contributed by atoms with E-state index in [9.17, 15) is 14.4 Å². The number of carboxylic acids is 1. The summed E-state index contributed by atoms with van der Waals surface area (Å²) in [6, 6.07) is 14.9. The average molecular weight is 370 g/mol. The lowest BCUT2D eigenvalue weighted by atomic mass is 10.0. The van der Waals surface area contributed by atoms with Crippen molar-refractivity contribution in [2.24, 2.45) is 0 Å². The van der Waals surface area contributed by atoms with Crippen LogP contribution in [-0.4, -0.2) is 36.0 Å². The maximum atomic E-state index is 12.3. The molecule has 1 atom stereocenters. The van der Waals surface area contributed by atoms with Crippen LogP contribution < -0.4 is 15.4 Å². The number of rotatable bonds is 9. The Morgan fingerprint density at radius 1 is 1.04 bits per heavy atom. The number of amides is 2. The van der Waals surface area contributed by atoms with Crippen molar-refractivity contribution >= 4 is 17.8 Å². The first-order valence-electron chi connectivity index (χ1n) is 8.57. The Balaban J connectivity index is 1.98. The van der Waals surface area contributed by atoms with Crippen molar-refractivity contribution in [1.82, 2.24) is 10.6 Å². The average Bonchev–Trinajstić information content (AvgIpc) is 2.66. The summed E-state index contributed by atoms with van der Waals surface area (Å²) in [5, 5.41) is 14.2. The van der Waals surface area contributed by atoms with Gasteiger partial charge >= 0.3 is 5.97 Å². The Kier molecular flexibility index (Phi) is 7.37. The van der Waals surface area contributed by atoms with Crippen LogP contribution in [0.5, 0.6) is 5.75 Å². The first-order valence-corrected chi connectivity index (χ1v) is 8.57. The molecule has 1 unspecified atom stereocenters. The van der Waals surface area contributed by atoms with E-state index in [1.54, 1.807) is 54.6 Å². The molecule has 7 heteroatoms. The van der Waals surface area contributed by atoms with Crippen molar-refractivity contribution in [3.8, 4) is 5.75 Å². The summed E-state index contributed by atoms with van der Waals surface area (Å²) in [6.07, 6.45) is -0.253. The maximum absolute atomic E-state index is 12.3. The lowest BCUT2D eigenvalue weighted by molar-refractivity contribution is -0.137. The number of carbonyl (C=O) groups excluding carboxylic acids is 2. The van der Waals surface area contributed by atoms with Crippen LogP contribution in [0.15, 0.2) is 54.6 Å². The molecule has 0 aliphatic rings. The van der Waals surface area contributed by atoms with Gasteiger partial charge in [-0.3, -0.25) is 14.4 Å². The highest BCUT2D eigenvalue weighted by Crippen LogP contribution is 2.18. The zero-order valence-corrected chi connectivity index (χ0v) is 15.0. The van der Waals surface area contributed by atoms with Gasteiger partial charge in [0.25, 0.3) is 5.91 Å². The van der Waals surface area contributed by atoms with Crippen LogP contribution in [0.1, 0.15) is 35.3 Å². The highest BCUT2D eigenvalue weighted by Gasteiger charge is 2.19. The van der Waals surface area contributed by atoms with Crippen molar-refractivity contribution in [3.05, 3.63) is 65.7 Å². The fourth-order valence-corrected chi connectivity index (χ4v) is 2.55. The molecule has 0 saturated heterocycles. The van der Waals surface area contributed by atoms with Gasteiger partial charge in [-0.05, 0) is 24.6 Å². The summed E-state index contributed by atoms with van der Waals surface area (Å²) in [6.45, 7) is 1.95. The number of aliphatic carboxylic acids is 1. The fourth-order valence-electron chi connectivity index (χ4n) is 2.55. The highest BCUT2D eigenvalue weighted by molar-refractivity contribution is 5.98. The lowest BCUT2D eigenvalue weighted by Gasteiger charge is -2.18. The molecule has 0 aliphatic carbocycles. The van der Waals surface area contributed by atoms with Crippen LogP contribution in [0.2, 0.25) is 0 Å². The molecule has 27 heavy (non-hydrogen) atoms. The Bertz CT molecular complexity index is 792. The normalized spacial score (nSPS) is 11.3. The summed E-state index contributed by atoms with van der Waals surface area (Å²) in [7, 11) is 0. The molecule has 2 aromatic carbocycles. The number of nitrogens with one attached hydrogen (secondary N) is 2. The van der Waals surface area contributed by atoms with Crippen molar-refractivity contribution in [1.29, 1.82) is 0 Å². The van der Waals surface area contributed by atoms with E-state index in [2.05, 4.69) is 10.6 Å². The van der Waals surface area contributed by atoms with E-state index in [1.807, 2.05) is 6.92 Å². The number of para-hydroxylation sites is 1. The highest BCUT2D eigenvalue weighted by atomic mass is 16.5. The molecule has 0 bridgehead atoms. The van der Waals surface area contributed by atoms with Gasteiger partial charge in [0, 0.05) is 0 Å². The predicted molar refractivity (Wildman–Crippen MR) is 99.5 cm³/mol. The van der Waals surface area contributed by atoms with Crippen LogP contribution in [0.25, 0.3) is 0 Å². The molecular weight excluding hydrogens is 348 g/mol. The van der Waals surface area contributed by atoms with Gasteiger partial charge in [-0.15, -0.1) is 0 Å². The molecule has 142 valence electrons. The molecule has 0 fully saturated rings. The monoisotopic (exact) mass is 370 g/mol. The number of benzene rings is 2. The largest absolute Gasteiger partial charge is 0.493 e. The molecule has 0 spiro atoms. The minimum atomic E-state index is -1.03. The fraction of sp³-hybridized carbons (Fsp3) is 0.250. The molecule has 3 N–H and O–H groups in total. The van der Waals surface area contributed by atoms with Crippen LogP contribution in [-0.2, 0) is 9.59 Å². The third kappa shape index (κ3) is 6.14. The molecule has 0 aliphatic heterocycles. The first-order chi connectivity index (χ1) is 13.0. The van der Waals surface area contributed by atoms with E-state index in [0.717, 1.165) is 0 Å². The molecule has 2 amide bonds. The van der Waals surface area contributed by atoms with Crippen LogP contribution in [0.3, 0.4) is 0 Å². The van der Waals surface area contributed by atoms with Crippen molar-refractivity contribution < 1.29 is 24.2 Å². The molecule has 0 aromatic heterocycles. The Morgan fingerprint density at radius 3 is 2.37 bits per heavy atom. The van der Waals surface area contributed by atoms with Crippen molar-refractivity contribution in [2.75, 3.05) is 13.2 Å². The zero-order valence-electron chi connectivity index (χ0n) is 15.0. The molecule has 2 aromatic rings. The summed E-state index contributed by atoms with van der Waals surface area (Å²) < 4.78 is 5.40. The van der Waals surface area contributed by atoms with Crippen molar-refractivity contribution in [3.63, 3.8) is 0 Å². The summed E-state index contributed by atoms with van der Waals surface area (Å²) in [4.78, 5) is 35.6. The predicted octanol–water partition coefficient (Wildman–Crippen LogP) is 2.15. The number of carbonyl (C=O) groups is 3. The standard InChI is InChI=1S/C20H22N2O5/c1-2-27-17-11-7-6-10-15(17)20(26)21-13-18(23)22-16(12-19(24)25)14-8-4-3-5-9-14/h3-11,16H,2,12-13H2,1H3,(H,21,26)(H,22,23)(H,24,25). The van der Waals surface area contributed by atoms with Crippen LogP contribution >= 0.6 is 0 Å². The molecular formula is C20H22N2O5. The van der Waals surface area contributed by atoms with E-state index in [0.29, 0.717) is 23.5 Å². The van der Waals surface area contributed by atoms with E-state index < -0.39 is 23.8 Å².